The molecular formula is C70H124N2O6P+. The Morgan fingerprint density at radius 3 is 1.16 bits per heavy atom. The van der Waals surface area contributed by atoms with Gasteiger partial charge in [-0.1, -0.05) is 277 Å². The molecule has 0 heterocycles. The number of phosphoric ester groups is 1. The zero-order valence-corrected chi connectivity index (χ0v) is 52.7. The SMILES string of the molecule is CC/C=C\C/C=C\C/C=C\C/C=C\C/C=C\C/C=C\C/C=C\CCCCCCCCCCCCCCCCCCCCCC(=O)NC(COP(=O)(O)OCC[N+](C)(C)C)C(O)/C=C/CC/C=C/CC/C=C/CCCCCCCC. The predicted molar refractivity (Wildman–Crippen MR) is 345 cm³/mol. The summed E-state index contributed by atoms with van der Waals surface area (Å²) in [6.45, 7) is 4.66. The second-order valence-electron chi connectivity index (χ2n) is 22.7. The van der Waals surface area contributed by atoms with E-state index >= 15 is 0 Å². The van der Waals surface area contributed by atoms with Crippen LogP contribution in [0.2, 0.25) is 0 Å². The molecule has 79 heavy (non-hydrogen) atoms. The van der Waals surface area contributed by atoms with Gasteiger partial charge in [0.15, 0.2) is 0 Å². The molecular weight excluding hydrogens is 996 g/mol. The van der Waals surface area contributed by atoms with E-state index in [0.717, 1.165) is 89.9 Å². The van der Waals surface area contributed by atoms with Crippen LogP contribution >= 0.6 is 7.82 Å². The molecule has 0 aromatic carbocycles. The molecule has 8 nitrogen and oxygen atoms in total. The Morgan fingerprint density at radius 1 is 0.443 bits per heavy atom. The summed E-state index contributed by atoms with van der Waals surface area (Å²) in [6.07, 6.45) is 89.1. The number of aliphatic hydroxyl groups is 1. The summed E-state index contributed by atoms with van der Waals surface area (Å²) in [5.74, 6) is -0.192. The maximum atomic E-state index is 13.0. The molecule has 0 rings (SSSR count). The summed E-state index contributed by atoms with van der Waals surface area (Å²) in [5.41, 5.74) is 0. The number of aliphatic hydroxyl groups excluding tert-OH is 1. The average molecular weight is 1120 g/mol. The third-order valence-corrected chi connectivity index (χ3v) is 14.9. The van der Waals surface area contributed by atoms with E-state index in [1.165, 1.54) is 154 Å². The number of allylic oxidation sites excluding steroid dienone is 19. The van der Waals surface area contributed by atoms with Gasteiger partial charge in [-0.2, -0.15) is 0 Å². The van der Waals surface area contributed by atoms with Crippen LogP contribution in [0.1, 0.15) is 264 Å². The Bertz CT molecular complexity index is 1700. The Labute approximate surface area is 488 Å². The lowest BCUT2D eigenvalue weighted by Crippen LogP contribution is -2.45. The van der Waals surface area contributed by atoms with Gasteiger partial charge >= 0.3 is 7.82 Å². The van der Waals surface area contributed by atoms with Crippen LogP contribution in [0.3, 0.4) is 0 Å². The number of unbranched alkanes of at least 4 members (excludes halogenated alkanes) is 27. The first-order valence-electron chi connectivity index (χ1n) is 32.4. The first-order chi connectivity index (χ1) is 38.5. The van der Waals surface area contributed by atoms with Crippen molar-refractivity contribution in [3.8, 4) is 0 Å². The Morgan fingerprint density at radius 2 is 0.772 bits per heavy atom. The summed E-state index contributed by atoms with van der Waals surface area (Å²) >= 11 is 0. The second-order valence-corrected chi connectivity index (χ2v) is 24.2. The van der Waals surface area contributed by atoms with E-state index in [1.54, 1.807) is 6.08 Å². The lowest BCUT2D eigenvalue weighted by Gasteiger charge is -2.25. The van der Waals surface area contributed by atoms with Gasteiger partial charge in [0.2, 0.25) is 5.91 Å². The summed E-state index contributed by atoms with van der Waals surface area (Å²) < 4.78 is 23.7. The van der Waals surface area contributed by atoms with Gasteiger partial charge in [0.1, 0.15) is 13.2 Å². The summed E-state index contributed by atoms with van der Waals surface area (Å²) in [7, 11) is 1.54. The Hall–Kier alpha value is -3.10. The van der Waals surface area contributed by atoms with Gasteiger partial charge in [-0.25, -0.2) is 4.57 Å². The molecule has 0 aliphatic rings. The highest BCUT2D eigenvalue weighted by Crippen LogP contribution is 2.43. The molecule has 0 bridgehead atoms. The molecule has 0 fully saturated rings. The number of nitrogens with zero attached hydrogens (tertiary/aromatic N) is 1. The number of nitrogens with one attached hydrogen (secondary N) is 1. The zero-order valence-electron chi connectivity index (χ0n) is 51.8. The van der Waals surface area contributed by atoms with Crippen LogP contribution < -0.4 is 5.32 Å². The molecule has 3 unspecified atom stereocenters. The number of likely N-dealkylation sites (N-methyl/N-ethyl adjacent to an activating group) is 1. The van der Waals surface area contributed by atoms with Crippen LogP contribution in [0.5, 0.6) is 0 Å². The van der Waals surface area contributed by atoms with Crippen molar-refractivity contribution in [3.63, 3.8) is 0 Å². The maximum absolute atomic E-state index is 13.0. The van der Waals surface area contributed by atoms with Crippen molar-refractivity contribution in [1.82, 2.24) is 5.32 Å². The number of carbonyl (C=O) groups is 1. The normalized spacial score (nSPS) is 14.6. The quantitative estimate of drug-likeness (QED) is 0.0243. The highest BCUT2D eigenvalue weighted by Gasteiger charge is 2.27. The first kappa shape index (κ1) is 75.9. The topological polar surface area (TPSA) is 105 Å². The fourth-order valence-corrected chi connectivity index (χ4v) is 9.61. The van der Waals surface area contributed by atoms with Crippen molar-refractivity contribution in [2.24, 2.45) is 0 Å². The van der Waals surface area contributed by atoms with Crippen LogP contribution in [0.15, 0.2) is 122 Å². The van der Waals surface area contributed by atoms with Crippen LogP contribution in [-0.2, 0) is 18.4 Å². The van der Waals surface area contributed by atoms with Crippen molar-refractivity contribution in [2.45, 2.75) is 276 Å². The standard InChI is InChI=1S/C70H123N2O6P/c1-6-8-10-12-14-16-18-20-22-24-25-26-27-28-29-30-31-32-33-34-35-36-37-38-39-40-41-42-43-44-45-46-47-48-50-52-54-56-58-60-62-64-70(74)71-68(67-78-79(75,76)77-66-65-72(3,4)5)69(73)63-61-59-57-55-53-51-49-23-21-19-17-15-13-11-9-7-2/h8,10,14,16,20-23,25-26,28-29,31-32,34-35,53,55,61,63,68-69,73H,6-7,9,11-13,15,17-19,24,27,30,33,36-52,54,56-60,62,64-67H2,1-5H3,(H-,71,74,75,76)/p+1/b10-8-,16-14-,22-20-,23-21+,26-25-,29-28-,32-31-,35-34-,55-53+,63-61+. The van der Waals surface area contributed by atoms with Gasteiger partial charge in [0, 0.05) is 6.42 Å². The van der Waals surface area contributed by atoms with Crippen molar-refractivity contribution in [3.05, 3.63) is 122 Å². The molecule has 0 aliphatic heterocycles. The van der Waals surface area contributed by atoms with Gasteiger partial charge in [-0.15, -0.1) is 0 Å². The minimum absolute atomic E-state index is 0.0503. The zero-order chi connectivity index (χ0) is 57.7. The smallest absolute Gasteiger partial charge is 0.387 e. The molecule has 0 saturated heterocycles. The van der Waals surface area contributed by atoms with E-state index in [2.05, 4.69) is 129 Å². The van der Waals surface area contributed by atoms with Gasteiger partial charge < -0.3 is 19.8 Å². The molecule has 0 saturated carbocycles. The highest BCUT2D eigenvalue weighted by atomic mass is 31.2. The molecule has 0 radical (unpaired) electrons. The van der Waals surface area contributed by atoms with Crippen molar-refractivity contribution in [2.75, 3.05) is 40.9 Å². The molecule has 0 aromatic heterocycles. The van der Waals surface area contributed by atoms with Gasteiger partial charge in [0.25, 0.3) is 0 Å². The third-order valence-electron chi connectivity index (χ3n) is 13.9. The summed E-state index contributed by atoms with van der Waals surface area (Å²) in [6, 6.07) is -0.875. The van der Waals surface area contributed by atoms with Crippen LogP contribution in [-0.4, -0.2) is 73.4 Å². The Balaban J connectivity index is 4.01. The van der Waals surface area contributed by atoms with Gasteiger partial charge in [-0.3, -0.25) is 13.8 Å². The van der Waals surface area contributed by atoms with E-state index in [4.69, 9.17) is 9.05 Å². The van der Waals surface area contributed by atoms with Crippen LogP contribution in [0, 0.1) is 0 Å². The summed E-state index contributed by atoms with van der Waals surface area (Å²) in [4.78, 5) is 23.3. The lowest BCUT2D eigenvalue weighted by atomic mass is 10.0. The number of phosphoric acid groups is 1. The average Bonchev–Trinajstić information content (AvgIpc) is 3.42. The minimum Gasteiger partial charge on any atom is -0.387 e. The molecule has 0 aliphatic carbocycles. The number of amides is 1. The van der Waals surface area contributed by atoms with Gasteiger partial charge in [-0.05, 0) is 103 Å². The summed E-state index contributed by atoms with van der Waals surface area (Å²) in [5, 5.41) is 13.9. The molecule has 3 atom stereocenters. The van der Waals surface area contributed by atoms with Gasteiger partial charge in [0.05, 0.1) is 39.9 Å². The van der Waals surface area contributed by atoms with E-state index in [1.807, 2.05) is 27.2 Å². The van der Waals surface area contributed by atoms with E-state index in [-0.39, 0.29) is 19.1 Å². The predicted octanol–water partition coefficient (Wildman–Crippen LogP) is 20.5. The van der Waals surface area contributed by atoms with Crippen LogP contribution in [0.25, 0.3) is 0 Å². The number of carbonyl (C=O) groups excluding carboxylic acids is 1. The molecule has 0 spiro atoms. The van der Waals surface area contributed by atoms with E-state index in [0.29, 0.717) is 17.4 Å². The molecule has 1 amide bonds. The lowest BCUT2D eigenvalue weighted by molar-refractivity contribution is -0.870. The van der Waals surface area contributed by atoms with Crippen molar-refractivity contribution < 1.29 is 32.9 Å². The minimum atomic E-state index is -4.36. The fraction of sp³-hybridized carbons (Fsp3) is 0.700. The maximum Gasteiger partial charge on any atom is 0.472 e. The number of hydrogen-bond donors (Lipinski definition) is 3. The van der Waals surface area contributed by atoms with E-state index < -0.39 is 20.0 Å². The van der Waals surface area contributed by atoms with Crippen molar-refractivity contribution in [1.29, 1.82) is 0 Å². The second kappa shape index (κ2) is 59.5. The molecule has 3 N–H and O–H groups in total. The number of quaternary nitrogens is 1. The monoisotopic (exact) mass is 1120 g/mol. The largest absolute Gasteiger partial charge is 0.472 e. The molecule has 9 heteroatoms. The Kier molecular flexibility index (Phi) is 57.2. The fourth-order valence-electron chi connectivity index (χ4n) is 8.88. The first-order valence-corrected chi connectivity index (χ1v) is 33.9. The highest BCUT2D eigenvalue weighted by molar-refractivity contribution is 7.47. The van der Waals surface area contributed by atoms with E-state index in [9.17, 15) is 19.4 Å². The van der Waals surface area contributed by atoms with Crippen molar-refractivity contribution >= 4 is 13.7 Å². The molecule has 0 aromatic rings. The third kappa shape index (κ3) is 62.4. The number of rotatable bonds is 58. The van der Waals surface area contributed by atoms with Crippen LogP contribution in [0.4, 0.5) is 0 Å². The number of hydrogen-bond acceptors (Lipinski definition) is 5. The molecule has 454 valence electrons.